The molecule has 1 aliphatic carbocycles. The zero-order chi connectivity index (χ0) is 19.8. The molecule has 1 heterocycles. The van der Waals surface area contributed by atoms with E-state index in [-0.39, 0.29) is 29.3 Å². The van der Waals surface area contributed by atoms with Gasteiger partial charge in [0.1, 0.15) is 6.04 Å². The summed E-state index contributed by atoms with van der Waals surface area (Å²) < 4.78 is 10.7. The first-order valence-electron chi connectivity index (χ1n) is 9.63. The third-order valence-corrected chi connectivity index (χ3v) is 5.41. The SMILES string of the molecule is COc1ccc(C(C(=O)NC(C)(C)C)N2C(=O)[C@@H]3CCCC[C@@H]32)cc1OC. The number of amides is 2. The Kier molecular flexibility index (Phi) is 5.36. The molecule has 1 N–H and O–H groups in total. The molecule has 6 nitrogen and oxygen atoms in total. The third-order valence-electron chi connectivity index (χ3n) is 5.41. The van der Waals surface area contributed by atoms with Gasteiger partial charge in [-0.25, -0.2) is 0 Å². The van der Waals surface area contributed by atoms with Gasteiger partial charge in [-0.3, -0.25) is 9.59 Å². The molecule has 3 atom stereocenters. The van der Waals surface area contributed by atoms with Crippen molar-refractivity contribution in [3.8, 4) is 11.5 Å². The molecule has 0 aromatic heterocycles. The van der Waals surface area contributed by atoms with Gasteiger partial charge in [0.25, 0.3) is 0 Å². The van der Waals surface area contributed by atoms with Gasteiger partial charge in [-0.05, 0) is 51.3 Å². The summed E-state index contributed by atoms with van der Waals surface area (Å²) in [7, 11) is 3.14. The molecule has 1 aromatic carbocycles. The topological polar surface area (TPSA) is 67.9 Å². The lowest BCUT2D eigenvalue weighted by atomic mass is 9.74. The molecule has 1 saturated heterocycles. The van der Waals surface area contributed by atoms with Gasteiger partial charge in [0, 0.05) is 11.6 Å². The number of hydrogen-bond donors (Lipinski definition) is 1. The summed E-state index contributed by atoms with van der Waals surface area (Å²) in [5, 5.41) is 3.04. The number of nitrogens with one attached hydrogen (secondary N) is 1. The molecule has 3 rings (SSSR count). The number of carbonyl (C=O) groups is 2. The second kappa shape index (κ2) is 7.41. The van der Waals surface area contributed by atoms with Crippen molar-refractivity contribution < 1.29 is 19.1 Å². The van der Waals surface area contributed by atoms with Crippen LogP contribution >= 0.6 is 0 Å². The number of nitrogens with zero attached hydrogens (tertiary/aromatic N) is 1. The van der Waals surface area contributed by atoms with Crippen molar-refractivity contribution in [1.29, 1.82) is 0 Å². The highest BCUT2D eigenvalue weighted by molar-refractivity contribution is 5.94. The number of hydrogen-bond acceptors (Lipinski definition) is 4. The van der Waals surface area contributed by atoms with Crippen molar-refractivity contribution in [2.24, 2.45) is 5.92 Å². The molecule has 148 valence electrons. The highest BCUT2D eigenvalue weighted by Crippen LogP contribution is 2.44. The minimum atomic E-state index is -0.657. The van der Waals surface area contributed by atoms with E-state index < -0.39 is 6.04 Å². The van der Waals surface area contributed by atoms with E-state index >= 15 is 0 Å². The molecule has 1 aliphatic heterocycles. The number of carbonyl (C=O) groups excluding carboxylic acids is 2. The third kappa shape index (κ3) is 3.75. The molecule has 0 radical (unpaired) electrons. The first kappa shape index (κ1) is 19.5. The Hall–Kier alpha value is -2.24. The van der Waals surface area contributed by atoms with Crippen LogP contribution in [0.3, 0.4) is 0 Å². The van der Waals surface area contributed by atoms with Gasteiger partial charge in [0.05, 0.1) is 20.1 Å². The molecule has 2 aliphatic rings. The molecular weight excluding hydrogens is 344 g/mol. The number of β-lactam (4-membered cyclic amide) rings is 1. The fourth-order valence-corrected chi connectivity index (χ4v) is 4.22. The van der Waals surface area contributed by atoms with Crippen LogP contribution < -0.4 is 14.8 Å². The lowest BCUT2D eigenvalue weighted by molar-refractivity contribution is -0.169. The Morgan fingerprint density at radius 1 is 1.15 bits per heavy atom. The first-order valence-corrected chi connectivity index (χ1v) is 9.63. The van der Waals surface area contributed by atoms with Crippen LogP contribution in [-0.4, -0.2) is 42.5 Å². The summed E-state index contributed by atoms with van der Waals surface area (Å²) in [5.41, 5.74) is 0.359. The van der Waals surface area contributed by atoms with Gasteiger partial charge in [0.15, 0.2) is 11.5 Å². The quantitative estimate of drug-likeness (QED) is 0.805. The predicted octanol–water partition coefficient (Wildman–Crippen LogP) is 3.06. The average Bonchev–Trinajstić information content (AvgIpc) is 2.63. The van der Waals surface area contributed by atoms with Crippen molar-refractivity contribution >= 4 is 11.8 Å². The summed E-state index contributed by atoms with van der Waals surface area (Å²) in [5.74, 6) is 1.15. The second-order valence-electron chi connectivity index (χ2n) is 8.46. The Morgan fingerprint density at radius 2 is 1.81 bits per heavy atom. The summed E-state index contributed by atoms with van der Waals surface area (Å²) in [6.07, 6.45) is 4.09. The van der Waals surface area contributed by atoms with Crippen molar-refractivity contribution in [2.45, 2.75) is 64.1 Å². The maximum atomic E-state index is 13.2. The van der Waals surface area contributed by atoms with Crippen molar-refractivity contribution in [3.63, 3.8) is 0 Å². The van der Waals surface area contributed by atoms with Gasteiger partial charge >= 0.3 is 0 Å². The van der Waals surface area contributed by atoms with Crippen molar-refractivity contribution in [1.82, 2.24) is 10.2 Å². The first-order chi connectivity index (χ1) is 12.8. The fourth-order valence-electron chi connectivity index (χ4n) is 4.22. The molecule has 1 aromatic rings. The number of ether oxygens (including phenoxy) is 2. The van der Waals surface area contributed by atoms with Gasteiger partial charge in [-0.2, -0.15) is 0 Å². The Balaban J connectivity index is 1.98. The number of fused-ring (bicyclic) bond motifs is 1. The monoisotopic (exact) mass is 374 g/mol. The van der Waals surface area contributed by atoms with Gasteiger partial charge in [0.2, 0.25) is 11.8 Å². The van der Waals surface area contributed by atoms with Crippen LogP contribution in [0.15, 0.2) is 18.2 Å². The Morgan fingerprint density at radius 3 is 2.44 bits per heavy atom. The Labute approximate surface area is 161 Å². The van der Waals surface area contributed by atoms with Crippen molar-refractivity contribution in [3.05, 3.63) is 23.8 Å². The van der Waals surface area contributed by atoms with Crippen LogP contribution in [-0.2, 0) is 9.59 Å². The molecule has 2 amide bonds. The molecule has 2 fully saturated rings. The molecule has 27 heavy (non-hydrogen) atoms. The molecule has 1 unspecified atom stereocenters. The van der Waals surface area contributed by atoms with E-state index in [1.54, 1.807) is 31.3 Å². The summed E-state index contributed by atoms with van der Waals surface area (Å²) >= 11 is 0. The van der Waals surface area contributed by atoms with Crippen LogP contribution in [0.2, 0.25) is 0 Å². The van der Waals surface area contributed by atoms with E-state index in [2.05, 4.69) is 5.32 Å². The molecule has 0 bridgehead atoms. The molecular formula is C21H30N2O4. The lowest BCUT2D eigenvalue weighted by Crippen LogP contribution is -2.65. The normalized spacial score (nSPS) is 23.1. The zero-order valence-corrected chi connectivity index (χ0v) is 16.9. The van der Waals surface area contributed by atoms with Gasteiger partial charge in [-0.1, -0.05) is 18.9 Å². The number of benzene rings is 1. The van der Waals surface area contributed by atoms with E-state index in [4.69, 9.17) is 9.47 Å². The van der Waals surface area contributed by atoms with Gasteiger partial charge in [-0.15, -0.1) is 0 Å². The van der Waals surface area contributed by atoms with E-state index in [0.717, 1.165) is 31.2 Å². The predicted molar refractivity (Wildman–Crippen MR) is 103 cm³/mol. The summed E-state index contributed by atoms with van der Waals surface area (Å²) in [6, 6.07) is 4.92. The van der Waals surface area contributed by atoms with Crippen LogP contribution in [0.5, 0.6) is 11.5 Å². The van der Waals surface area contributed by atoms with E-state index in [1.165, 1.54) is 0 Å². The summed E-state index contributed by atoms with van der Waals surface area (Å²) in [4.78, 5) is 27.8. The van der Waals surface area contributed by atoms with Gasteiger partial charge < -0.3 is 19.7 Å². The molecule has 0 spiro atoms. The lowest BCUT2D eigenvalue weighted by Gasteiger charge is -2.53. The van der Waals surface area contributed by atoms with Crippen LogP contribution in [0.25, 0.3) is 0 Å². The number of rotatable bonds is 5. The Bertz CT molecular complexity index is 725. The highest BCUT2D eigenvalue weighted by Gasteiger charge is 2.52. The minimum Gasteiger partial charge on any atom is -0.493 e. The number of methoxy groups -OCH3 is 2. The van der Waals surface area contributed by atoms with Crippen molar-refractivity contribution in [2.75, 3.05) is 14.2 Å². The maximum absolute atomic E-state index is 13.2. The smallest absolute Gasteiger partial charge is 0.247 e. The minimum absolute atomic E-state index is 0.0730. The van der Waals surface area contributed by atoms with E-state index in [1.807, 2.05) is 26.8 Å². The van der Waals surface area contributed by atoms with Crippen LogP contribution in [0.1, 0.15) is 58.1 Å². The van der Waals surface area contributed by atoms with E-state index in [0.29, 0.717) is 11.5 Å². The number of likely N-dealkylation sites (tertiary alicyclic amines) is 1. The standard InChI is InChI=1S/C21H30N2O4/c1-21(2,3)22-19(24)18(13-10-11-16(26-4)17(12-13)27-5)23-15-9-7-6-8-14(15)20(23)25/h10-12,14-15,18H,6-9H2,1-5H3,(H,22,24)/t14-,15+,18?/m1/s1. The summed E-state index contributed by atoms with van der Waals surface area (Å²) in [6.45, 7) is 5.83. The maximum Gasteiger partial charge on any atom is 0.247 e. The largest absolute Gasteiger partial charge is 0.493 e. The molecule has 1 saturated carbocycles. The van der Waals surface area contributed by atoms with E-state index in [9.17, 15) is 9.59 Å². The van der Waals surface area contributed by atoms with Crippen LogP contribution in [0.4, 0.5) is 0 Å². The highest BCUT2D eigenvalue weighted by atomic mass is 16.5. The second-order valence-corrected chi connectivity index (χ2v) is 8.46. The fraction of sp³-hybridized carbons (Fsp3) is 0.619. The zero-order valence-electron chi connectivity index (χ0n) is 16.9. The van der Waals surface area contributed by atoms with Crippen LogP contribution in [0, 0.1) is 5.92 Å². The average molecular weight is 374 g/mol. The molecule has 6 heteroatoms.